The molecule has 0 radical (unpaired) electrons. The van der Waals surface area contributed by atoms with E-state index in [1.807, 2.05) is 17.8 Å². The molecule has 2 aromatic rings. The number of thiophene rings is 1. The fourth-order valence-electron chi connectivity index (χ4n) is 1.66. The molecular weight excluding hydrogens is 262 g/mol. The Morgan fingerprint density at radius 2 is 2.11 bits per heavy atom. The first-order chi connectivity index (χ1) is 9.08. The number of carbonyl (C=O) groups excluding carboxylic acids is 2. The van der Waals surface area contributed by atoms with Crippen molar-refractivity contribution in [3.8, 4) is 0 Å². The van der Waals surface area contributed by atoms with Crippen molar-refractivity contribution in [3.05, 3.63) is 40.1 Å². The molecule has 5 nitrogen and oxygen atoms in total. The van der Waals surface area contributed by atoms with Crippen molar-refractivity contribution in [2.75, 3.05) is 6.54 Å². The maximum atomic E-state index is 11.9. The van der Waals surface area contributed by atoms with Crippen molar-refractivity contribution >= 4 is 23.0 Å². The van der Waals surface area contributed by atoms with E-state index in [2.05, 4.69) is 10.3 Å². The first kappa shape index (κ1) is 13.5. The van der Waals surface area contributed by atoms with Crippen LogP contribution in [-0.4, -0.2) is 27.8 Å². The molecule has 0 aliphatic heterocycles. The lowest BCUT2D eigenvalue weighted by Crippen LogP contribution is -2.25. The number of nitrogens with one attached hydrogen (secondary N) is 1. The molecule has 0 aliphatic carbocycles. The fourth-order valence-corrected chi connectivity index (χ4v) is 2.48. The lowest BCUT2D eigenvalue weighted by atomic mass is 10.3. The van der Waals surface area contributed by atoms with E-state index in [1.54, 1.807) is 18.3 Å². The van der Waals surface area contributed by atoms with Crippen LogP contribution in [0.4, 0.5) is 0 Å². The molecule has 0 bridgehead atoms. The van der Waals surface area contributed by atoms with Gasteiger partial charge in [0.1, 0.15) is 5.82 Å². The monoisotopic (exact) mass is 277 g/mol. The second kappa shape index (κ2) is 5.79. The predicted molar refractivity (Wildman–Crippen MR) is 73.6 cm³/mol. The molecule has 19 heavy (non-hydrogen) atoms. The molecule has 1 amide bonds. The highest BCUT2D eigenvalue weighted by Crippen LogP contribution is 2.16. The molecule has 0 atom stereocenters. The van der Waals surface area contributed by atoms with Gasteiger partial charge < -0.3 is 9.88 Å². The van der Waals surface area contributed by atoms with E-state index in [0.29, 0.717) is 22.7 Å². The Bertz CT molecular complexity index is 601. The third-order valence-electron chi connectivity index (χ3n) is 2.73. The first-order valence-electron chi connectivity index (χ1n) is 5.93. The fraction of sp³-hybridized carbons (Fsp3) is 0.308. The van der Waals surface area contributed by atoms with Crippen LogP contribution < -0.4 is 5.32 Å². The summed E-state index contributed by atoms with van der Waals surface area (Å²) in [5, 5.41) is 2.82. The Hall–Kier alpha value is -1.95. The Labute approximate surface area is 115 Å². The molecule has 2 rings (SSSR count). The smallest absolute Gasteiger partial charge is 0.261 e. The molecule has 2 heterocycles. The molecular formula is C13H15N3O2S. The summed E-state index contributed by atoms with van der Waals surface area (Å²) < 4.78 is 1.92. The van der Waals surface area contributed by atoms with Crippen LogP contribution in [0, 0.1) is 0 Å². The summed E-state index contributed by atoms with van der Waals surface area (Å²) in [4.78, 5) is 28.4. The van der Waals surface area contributed by atoms with Gasteiger partial charge in [0.2, 0.25) is 0 Å². The predicted octanol–water partition coefficient (Wildman–Crippen LogP) is 1.66. The first-order valence-corrected chi connectivity index (χ1v) is 6.74. The lowest BCUT2D eigenvalue weighted by molar-refractivity contribution is 0.0957. The van der Waals surface area contributed by atoms with Crippen LogP contribution >= 0.6 is 11.3 Å². The number of hydrogen-bond acceptors (Lipinski definition) is 4. The van der Waals surface area contributed by atoms with Crippen LogP contribution in [0.5, 0.6) is 0 Å². The van der Waals surface area contributed by atoms with Crippen LogP contribution in [-0.2, 0) is 13.5 Å². The normalized spacial score (nSPS) is 10.4. The van der Waals surface area contributed by atoms with E-state index in [0.717, 1.165) is 5.82 Å². The Morgan fingerprint density at radius 1 is 1.37 bits per heavy atom. The van der Waals surface area contributed by atoms with Gasteiger partial charge in [-0.3, -0.25) is 9.59 Å². The largest absolute Gasteiger partial charge is 0.351 e. The van der Waals surface area contributed by atoms with Crippen LogP contribution in [0.25, 0.3) is 0 Å². The van der Waals surface area contributed by atoms with Crippen molar-refractivity contribution in [2.45, 2.75) is 13.3 Å². The highest BCUT2D eigenvalue weighted by atomic mass is 32.1. The van der Waals surface area contributed by atoms with Crippen molar-refractivity contribution in [2.24, 2.45) is 7.05 Å². The summed E-state index contributed by atoms with van der Waals surface area (Å²) in [6.07, 6.45) is 4.28. The average Bonchev–Trinajstić information content (AvgIpc) is 2.98. The highest BCUT2D eigenvalue weighted by Gasteiger charge is 2.11. The number of aromatic nitrogens is 2. The third-order valence-corrected chi connectivity index (χ3v) is 3.92. The zero-order valence-corrected chi connectivity index (χ0v) is 11.7. The van der Waals surface area contributed by atoms with Gasteiger partial charge in [-0.1, -0.05) is 0 Å². The van der Waals surface area contributed by atoms with Gasteiger partial charge in [0, 0.05) is 32.4 Å². The van der Waals surface area contributed by atoms with Gasteiger partial charge >= 0.3 is 0 Å². The summed E-state index contributed by atoms with van der Waals surface area (Å²) in [5.41, 5.74) is 0. The maximum Gasteiger partial charge on any atom is 0.261 e. The van der Waals surface area contributed by atoms with Crippen molar-refractivity contribution < 1.29 is 9.59 Å². The minimum absolute atomic E-state index is 0.0166. The van der Waals surface area contributed by atoms with Gasteiger partial charge in [0.15, 0.2) is 5.78 Å². The van der Waals surface area contributed by atoms with Gasteiger partial charge in [-0.15, -0.1) is 11.3 Å². The molecule has 100 valence electrons. The summed E-state index contributed by atoms with van der Waals surface area (Å²) in [6.45, 7) is 2.02. The van der Waals surface area contributed by atoms with Crippen LogP contribution in [0.3, 0.4) is 0 Å². The standard InChI is InChI=1S/C13H15N3O2S/c1-9(17)10-3-4-11(19-10)13(18)15-6-5-12-14-7-8-16(12)2/h3-4,7-8H,5-6H2,1-2H3,(H,15,18). The van der Waals surface area contributed by atoms with Gasteiger partial charge in [-0.2, -0.15) is 0 Å². The Kier molecular flexibility index (Phi) is 4.11. The number of hydrogen-bond donors (Lipinski definition) is 1. The van der Waals surface area contributed by atoms with Gasteiger partial charge in [0.25, 0.3) is 5.91 Å². The highest BCUT2D eigenvalue weighted by molar-refractivity contribution is 7.15. The molecule has 2 aromatic heterocycles. The molecule has 0 spiro atoms. The number of ketones is 1. The van der Waals surface area contributed by atoms with E-state index in [9.17, 15) is 9.59 Å². The molecule has 0 aromatic carbocycles. The number of amides is 1. The van der Waals surface area contributed by atoms with E-state index in [-0.39, 0.29) is 11.7 Å². The minimum atomic E-state index is -0.147. The number of aryl methyl sites for hydroxylation is 1. The molecule has 1 N–H and O–H groups in total. The van der Waals surface area contributed by atoms with Crippen LogP contribution in [0.15, 0.2) is 24.5 Å². The quantitative estimate of drug-likeness (QED) is 0.845. The van der Waals surface area contributed by atoms with E-state index >= 15 is 0 Å². The average molecular weight is 277 g/mol. The number of Topliss-reactive ketones (excluding diaryl/α,β-unsaturated/α-hetero) is 1. The van der Waals surface area contributed by atoms with Crippen LogP contribution in [0.1, 0.15) is 32.1 Å². The van der Waals surface area contributed by atoms with Gasteiger partial charge in [-0.25, -0.2) is 4.98 Å². The number of imidazole rings is 1. The topological polar surface area (TPSA) is 64.0 Å². The summed E-state index contributed by atoms with van der Waals surface area (Å²) in [6, 6.07) is 3.36. The molecule has 0 unspecified atom stereocenters. The number of nitrogens with zero attached hydrogens (tertiary/aromatic N) is 2. The second-order valence-corrected chi connectivity index (χ2v) is 5.26. The molecule has 0 aliphatic rings. The number of rotatable bonds is 5. The third kappa shape index (κ3) is 3.29. The molecule has 0 fully saturated rings. The zero-order chi connectivity index (χ0) is 13.8. The second-order valence-electron chi connectivity index (χ2n) is 4.18. The lowest BCUT2D eigenvalue weighted by Gasteiger charge is -2.03. The van der Waals surface area contributed by atoms with Crippen LogP contribution in [0.2, 0.25) is 0 Å². The number of carbonyl (C=O) groups is 2. The van der Waals surface area contributed by atoms with Gasteiger partial charge in [-0.05, 0) is 19.1 Å². The van der Waals surface area contributed by atoms with Crippen molar-refractivity contribution in [3.63, 3.8) is 0 Å². The van der Waals surface area contributed by atoms with E-state index in [4.69, 9.17) is 0 Å². The van der Waals surface area contributed by atoms with Crippen molar-refractivity contribution in [1.82, 2.24) is 14.9 Å². The summed E-state index contributed by atoms with van der Waals surface area (Å²) in [5.74, 6) is 0.764. The Balaban J connectivity index is 1.87. The summed E-state index contributed by atoms with van der Waals surface area (Å²) in [7, 11) is 1.92. The zero-order valence-electron chi connectivity index (χ0n) is 10.8. The Morgan fingerprint density at radius 3 is 2.68 bits per heavy atom. The van der Waals surface area contributed by atoms with Crippen molar-refractivity contribution in [1.29, 1.82) is 0 Å². The van der Waals surface area contributed by atoms with Gasteiger partial charge in [0.05, 0.1) is 9.75 Å². The molecule has 6 heteroatoms. The summed E-state index contributed by atoms with van der Waals surface area (Å²) >= 11 is 1.22. The molecule has 0 saturated carbocycles. The van der Waals surface area contributed by atoms with E-state index in [1.165, 1.54) is 18.3 Å². The SMILES string of the molecule is CC(=O)c1ccc(C(=O)NCCc2nccn2C)s1. The maximum absolute atomic E-state index is 11.9. The molecule has 0 saturated heterocycles. The minimum Gasteiger partial charge on any atom is -0.351 e. The van der Waals surface area contributed by atoms with E-state index < -0.39 is 0 Å².